The number of hydrogen-bond acceptors (Lipinski definition) is 5. The third kappa shape index (κ3) is 5.06. The van der Waals surface area contributed by atoms with Crippen molar-refractivity contribution in [2.45, 2.75) is 13.3 Å². The number of amides is 1. The van der Waals surface area contributed by atoms with Gasteiger partial charge in [0.2, 0.25) is 5.75 Å². The standard InChI is InChI=1S/C21H28N2O4/c1-5-23(16-10-7-6-8-11-16)15-9-14-22-21(24)17-12-13-18(25-2)20(27-4)19(17)26-3/h6-8,10-13H,5,9,14-15H2,1-4H3,(H,22,24). The number of carbonyl (C=O) groups excluding carboxylic acids is 1. The molecule has 2 rings (SSSR count). The van der Waals surface area contributed by atoms with E-state index in [4.69, 9.17) is 14.2 Å². The van der Waals surface area contributed by atoms with E-state index in [0.717, 1.165) is 19.5 Å². The molecule has 6 heteroatoms. The van der Waals surface area contributed by atoms with Gasteiger partial charge in [0.05, 0.1) is 26.9 Å². The zero-order valence-corrected chi connectivity index (χ0v) is 16.5. The number of ether oxygens (including phenoxy) is 3. The van der Waals surface area contributed by atoms with E-state index in [0.29, 0.717) is 29.4 Å². The fourth-order valence-electron chi connectivity index (χ4n) is 2.96. The monoisotopic (exact) mass is 372 g/mol. The summed E-state index contributed by atoms with van der Waals surface area (Å²) in [5.41, 5.74) is 1.61. The molecule has 0 bridgehead atoms. The zero-order chi connectivity index (χ0) is 19.6. The second kappa shape index (κ2) is 10.3. The molecule has 0 saturated heterocycles. The first-order chi connectivity index (χ1) is 13.2. The predicted octanol–water partition coefficient (Wildman–Crippen LogP) is 3.36. The molecule has 146 valence electrons. The number of methoxy groups -OCH3 is 3. The number of para-hydroxylation sites is 1. The van der Waals surface area contributed by atoms with Gasteiger partial charge < -0.3 is 24.4 Å². The Balaban J connectivity index is 1.96. The van der Waals surface area contributed by atoms with Gasteiger partial charge in [-0.1, -0.05) is 18.2 Å². The van der Waals surface area contributed by atoms with Crippen LogP contribution in [0, 0.1) is 0 Å². The Kier molecular flexibility index (Phi) is 7.79. The molecule has 27 heavy (non-hydrogen) atoms. The van der Waals surface area contributed by atoms with Crippen molar-refractivity contribution in [3.8, 4) is 17.2 Å². The van der Waals surface area contributed by atoms with E-state index in [1.807, 2.05) is 18.2 Å². The minimum Gasteiger partial charge on any atom is -0.493 e. The summed E-state index contributed by atoms with van der Waals surface area (Å²) in [5, 5.41) is 2.95. The number of nitrogens with one attached hydrogen (secondary N) is 1. The predicted molar refractivity (Wildman–Crippen MR) is 107 cm³/mol. The molecule has 0 aliphatic rings. The molecule has 0 aromatic heterocycles. The van der Waals surface area contributed by atoms with E-state index in [1.54, 1.807) is 19.2 Å². The van der Waals surface area contributed by atoms with Crippen molar-refractivity contribution in [2.75, 3.05) is 45.9 Å². The van der Waals surface area contributed by atoms with Crippen LogP contribution in [0.5, 0.6) is 17.2 Å². The molecule has 0 atom stereocenters. The van der Waals surface area contributed by atoms with Crippen molar-refractivity contribution in [3.05, 3.63) is 48.0 Å². The number of anilines is 1. The highest BCUT2D eigenvalue weighted by Crippen LogP contribution is 2.39. The molecule has 6 nitrogen and oxygen atoms in total. The fraction of sp³-hybridized carbons (Fsp3) is 0.381. The number of nitrogens with zero attached hydrogens (tertiary/aromatic N) is 1. The first-order valence-corrected chi connectivity index (χ1v) is 9.03. The Hall–Kier alpha value is -2.89. The van der Waals surface area contributed by atoms with E-state index in [2.05, 4.69) is 29.3 Å². The maximum atomic E-state index is 12.6. The molecule has 0 saturated carbocycles. The summed E-state index contributed by atoms with van der Waals surface area (Å²) in [4.78, 5) is 14.9. The fourth-order valence-corrected chi connectivity index (χ4v) is 2.96. The highest BCUT2D eigenvalue weighted by atomic mass is 16.5. The topological polar surface area (TPSA) is 60.0 Å². The average Bonchev–Trinajstić information content (AvgIpc) is 2.72. The highest BCUT2D eigenvalue weighted by Gasteiger charge is 2.20. The summed E-state index contributed by atoms with van der Waals surface area (Å²) >= 11 is 0. The number of hydrogen-bond donors (Lipinski definition) is 1. The summed E-state index contributed by atoms with van der Waals surface area (Å²) in [6.45, 7) is 4.48. The van der Waals surface area contributed by atoms with Crippen molar-refractivity contribution < 1.29 is 19.0 Å². The lowest BCUT2D eigenvalue weighted by molar-refractivity contribution is 0.0949. The smallest absolute Gasteiger partial charge is 0.255 e. The van der Waals surface area contributed by atoms with Gasteiger partial charge in [-0.05, 0) is 37.6 Å². The van der Waals surface area contributed by atoms with Crippen LogP contribution < -0.4 is 24.4 Å². The Bertz CT molecular complexity index is 734. The van der Waals surface area contributed by atoms with Crippen molar-refractivity contribution in [2.24, 2.45) is 0 Å². The average molecular weight is 372 g/mol. The molecular formula is C21H28N2O4. The molecule has 0 spiro atoms. The van der Waals surface area contributed by atoms with Crippen LogP contribution in [0.1, 0.15) is 23.7 Å². The van der Waals surface area contributed by atoms with Gasteiger partial charge in [0.15, 0.2) is 11.5 Å². The van der Waals surface area contributed by atoms with Crippen LogP contribution in [0.2, 0.25) is 0 Å². The minimum absolute atomic E-state index is 0.199. The van der Waals surface area contributed by atoms with Crippen molar-refractivity contribution >= 4 is 11.6 Å². The maximum absolute atomic E-state index is 12.6. The number of rotatable bonds is 10. The SMILES string of the molecule is CCN(CCCNC(=O)c1ccc(OC)c(OC)c1OC)c1ccccc1. The van der Waals surface area contributed by atoms with Crippen LogP contribution in [0.25, 0.3) is 0 Å². The van der Waals surface area contributed by atoms with Crippen LogP contribution >= 0.6 is 0 Å². The molecule has 2 aromatic carbocycles. The molecular weight excluding hydrogens is 344 g/mol. The van der Waals surface area contributed by atoms with Crippen LogP contribution in [0.4, 0.5) is 5.69 Å². The number of carbonyl (C=O) groups is 1. The third-order valence-corrected chi connectivity index (χ3v) is 4.34. The third-order valence-electron chi connectivity index (χ3n) is 4.34. The summed E-state index contributed by atoms with van der Waals surface area (Å²) in [7, 11) is 4.57. The van der Waals surface area contributed by atoms with Gasteiger partial charge in [0, 0.05) is 25.3 Å². The molecule has 1 amide bonds. The van der Waals surface area contributed by atoms with Crippen LogP contribution in [0.3, 0.4) is 0 Å². The molecule has 0 aliphatic carbocycles. The summed E-state index contributed by atoms with van der Waals surface area (Å²) in [6.07, 6.45) is 0.837. The van der Waals surface area contributed by atoms with E-state index in [-0.39, 0.29) is 5.91 Å². The van der Waals surface area contributed by atoms with Crippen molar-refractivity contribution in [3.63, 3.8) is 0 Å². The minimum atomic E-state index is -0.199. The van der Waals surface area contributed by atoms with Gasteiger partial charge in [0.25, 0.3) is 5.91 Å². The van der Waals surface area contributed by atoms with Gasteiger partial charge in [-0.2, -0.15) is 0 Å². The Labute approximate surface area is 161 Å². The van der Waals surface area contributed by atoms with E-state index in [1.165, 1.54) is 19.9 Å². The second-order valence-corrected chi connectivity index (χ2v) is 5.91. The molecule has 0 fully saturated rings. The Morgan fingerprint density at radius 3 is 2.26 bits per heavy atom. The Morgan fingerprint density at radius 1 is 0.963 bits per heavy atom. The van der Waals surface area contributed by atoms with E-state index in [9.17, 15) is 4.79 Å². The largest absolute Gasteiger partial charge is 0.493 e. The summed E-state index contributed by atoms with van der Waals surface area (Å²) in [5.74, 6) is 1.10. The summed E-state index contributed by atoms with van der Waals surface area (Å²) < 4.78 is 16.0. The molecule has 0 radical (unpaired) electrons. The quantitative estimate of drug-likeness (QED) is 0.648. The van der Waals surface area contributed by atoms with Gasteiger partial charge in [-0.25, -0.2) is 0 Å². The first kappa shape index (κ1) is 20.4. The maximum Gasteiger partial charge on any atom is 0.255 e. The van der Waals surface area contributed by atoms with Crippen molar-refractivity contribution in [1.29, 1.82) is 0 Å². The molecule has 0 aliphatic heterocycles. The van der Waals surface area contributed by atoms with E-state index >= 15 is 0 Å². The van der Waals surface area contributed by atoms with Gasteiger partial charge >= 0.3 is 0 Å². The lowest BCUT2D eigenvalue weighted by Crippen LogP contribution is -2.30. The highest BCUT2D eigenvalue weighted by molar-refractivity contribution is 5.98. The van der Waals surface area contributed by atoms with Gasteiger partial charge in [-0.15, -0.1) is 0 Å². The molecule has 2 aromatic rings. The van der Waals surface area contributed by atoms with Crippen LogP contribution in [-0.4, -0.2) is 46.9 Å². The number of benzene rings is 2. The Morgan fingerprint density at radius 2 is 1.67 bits per heavy atom. The second-order valence-electron chi connectivity index (χ2n) is 5.91. The first-order valence-electron chi connectivity index (χ1n) is 9.03. The molecule has 1 N–H and O–H groups in total. The molecule has 0 unspecified atom stereocenters. The van der Waals surface area contributed by atoms with E-state index < -0.39 is 0 Å². The van der Waals surface area contributed by atoms with Crippen LogP contribution in [-0.2, 0) is 0 Å². The van der Waals surface area contributed by atoms with Crippen molar-refractivity contribution in [1.82, 2.24) is 5.32 Å². The summed E-state index contributed by atoms with van der Waals surface area (Å²) in [6, 6.07) is 13.6. The van der Waals surface area contributed by atoms with Gasteiger partial charge in [-0.3, -0.25) is 4.79 Å². The lowest BCUT2D eigenvalue weighted by atomic mass is 10.1. The van der Waals surface area contributed by atoms with Gasteiger partial charge in [0.1, 0.15) is 0 Å². The normalized spacial score (nSPS) is 10.2. The molecule has 0 heterocycles. The lowest BCUT2D eigenvalue weighted by Gasteiger charge is -2.23. The van der Waals surface area contributed by atoms with Crippen LogP contribution in [0.15, 0.2) is 42.5 Å². The zero-order valence-electron chi connectivity index (χ0n) is 16.5.